The van der Waals surface area contributed by atoms with Gasteiger partial charge in [0.15, 0.2) is 5.82 Å². The molecule has 6 heteroatoms. The lowest BCUT2D eigenvalue weighted by Crippen LogP contribution is -2.20. The number of hydrogen-bond acceptors (Lipinski definition) is 3. The van der Waals surface area contributed by atoms with Crippen molar-refractivity contribution in [2.75, 3.05) is 10.6 Å². The van der Waals surface area contributed by atoms with E-state index in [9.17, 15) is 4.79 Å². The van der Waals surface area contributed by atoms with Gasteiger partial charge in [-0.05, 0) is 17.7 Å². The van der Waals surface area contributed by atoms with E-state index in [-0.39, 0.29) is 6.03 Å². The zero-order valence-corrected chi connectivity index (χ0v) is 11.8. The Morgan fingerprint density at radius 2 is 1.73 bits per heavy atom. The lowest BCUT2D eigenvalue weighted by atomic mass is 10.2. The molecule has 0 aliphatic heterocycles. The molecule has 6 nitrogen and oxygen atoms in total. The molecule has 22 heavy (non-hydrogen) atoms. The third-order valence-electron chi connectivity index (χ3n) is 2.98. The number of nitrogens with one attached hydrogen (secondary N) is 2. The van der Waals surface area contributed by atoms with E-state index in [1.54, 1.807) is 35.1 Å². The van der Waals surface area contributed by atoms with Gasteiger partial charge >= 0.3 is 6.03 Å². The molecule has 0 saturated heterocycles. The number of benzene rings is 1. The number of rotatable bonds is 4. The highest BCUT2D eigenvalue weighted by Crippen LogP contribution is 2.07. The first-order chi connectivity index (χ1) is 10.8. The first-order valence-electron chi connectivity index (χ1n) is 6.86. The van der Waals surface area contributed by atoms with Crippen molar-refractivity contribution in [1.82, 2.24) is 14.8 Å². The van der Waals surface area contributed by atoms with Crippen LogP contribution in [0, 0.1) is 0 Å². The summed E-state index contributed by atoms with van der Waals surface area (Å²) >= 11 is 0. The van der Waals surface area contributed by atoms with Gasteiger partial charge in [0.1, 0.15) is 5.82 Å². The van der Waals surface area contributed by atoms with Crippen LogP contribution >= 0.6 is 0 Å². The molecule has 1 aromatic carbocycles. The number of amides is 2. The van der Waals surface area contributed by atoms with E-state index < -0.39 is 0 Å². The van der Waals surface area contributed by atoms with Crippen LogP contribution in [0.15, 0.2) is 67.0 Å². The molecule has 0 aliphatic carbocycles. The van der Waals surface area contributed by atoms with Gasteiger partial charge < -0.3 is 0 Å². The summed E-state index contributed by atoms with van der Waals surface area (Å²) in [5.41, 5.74) is 1.15. The Hall–Kier alpha value is -3.15. The van der Waals surface area contributed by atoms with Gasteiger partial charge in [0.05, 0.1) is 6.54 Å². The molecule has 0 unspecified atom stereocenters. The van der Waals surface area contributed by atoms with Crippen molar-refractivity contribution >= 4 is 17.7 Å². The standard InChI is InChI=1S/C16H15N5O/c22-16(18-14-8-4-5-10-17-14)19-15-9-11-21(20-15)12-13-6-2-1-3-7-13/h1-11H,12H2,(H2,17,18,19,20,22). The van der Waals surface area contributed by atoms with Gasteiger partial charge in [-0.1, -0.05) is 36.4 Å². The Balaban J connectivity index is 1.58. The molecule has 3 aromatic rings. The predicted molar refractivity (Wildman–Crippen MR) is 84.6 cm³/mol. The second-order valence-electron chi connectivity index (χ2n) is 4.68. The lowest BCUT2D eigenvalue weighted by Gasteiger charge is -2.04. The number of aromatic nitrogens is 3. The van der Waals surface area contributed by atoms with Gasteiger partial charge in [-0.25, -0.2) is 9.78 Å². The maximum Gasteiger partial charge on any atom is 0.326 e. The second kappa shape index (κ2) is 6.53. The molecule has 2 aromatic heterocycles. The lowest BCUT2D eigenvalue weighted by molar-refractivity contribution is 0.262. The zero-order chi connectivity index (χ0) is 15.2. The van der Waals surface area contributed by atoms with Crippen LogP contribution in [-0.2, 0) is 6.54 Å². The van der Waals surface area contributed by atoms with E-state index in [2.05, 4.69) is 20.7 Å². The summed E-state index contributed by atoms with van der Waals surface area (Å²) in [6.07, 6.45) is 3.44. The smallest absolute Gasteiger partial charge is 0.292 e. The summed E-state index contributed by atoms with van der Waals surface area (Å²) < 4.78 is 1.77. The van der Waals surface area contributed by atoms with Crippen LogP contribution in [0.4, 0.5) is 16.4 Å². The fourth-order valence-electron chi connectivity index (χ4n) is 1.99. The topological polar surface area (TPSA) is 71.8 Å². The minimum atomic E-state index is -0.372. The number of carbonyl (C=O) groups is 1. The van der Waals surface area contributed by atoms with E-state index in [0.29, 0.717) is 18.2 Å². The maximum atomic E-state index is 11.8. The molecule has 0 fully saturated rings. The highest BCUT2D eigenvalue weighted by molar-refractivity contribution is 5.98. The first kappa shape index (κ1) is 13.8. The Morgan fingerprint density at radius 1 is 0.955 bits per heavy atom. The fraction of sp³-hybridized carbons (Fsp3) is 0.0625. The quantitative estimate of drug-likeness (QED) is 0.776. The molecule has 0 saturated carbocycles. The molecular formula is C16H15N5O. The Labute approximate surface area is 127 Å². The van der Waals surface area contributed by atoms with Crippen molar-refractivity contribution in [3.05, 3.63) is 72.6 Å². The Morgan fingerprint density at radius 3 is 2.50 bits per heavy atom. The summed E-state index contributed by atoms with van der Waals surface area (Å²) in [4.78, 5) is 15.9. The van der Waals surface area contributed by atoms with E-state index in [0.717, 1.165) is 5.56 Å². The number of pyridine rings is 1. The van der Waals surface area contributed by atoms with Crippen LogP contribution in [0.1, 0.15) is 5.56 Å². The molecular weight excluding hydrogens is 278 g/mol. The number of carbonyl (C=O) groups excluding carboxylic acids is 1. The molecule has 2 amide bonds. The maximum absolute atomic E-state index is 11.8. The van der Waals surface area contributed by atoms with E-state index >= 15 is 0 Å². The van der Waals surface area contributed by atoms with Crippen LogP contribution < -0.4 is 10.6 Å². The number of anilines is 2. The van der Waals surface area contributed by atoms with Gasteiger partial charge in [-0.2, -0.15) is 5.10 Å². The molecule has 0 spiro atoms. The minimum absolute atomic E-state index is 0.372. The van der Waals surface area contributed by atoms with Crippen molar-refractivity contribution in [2.45, 2.75) is 6.54 Å². The van der Waals surface area contributed by atoms with Crippen LogP contribution in [0.5, 0.6) is 0 Å². The second-order valence-corrected chi connectivity index (χ2v) is 4.68. The van der Waals surface area contributed by atoms with E-state index in [1.807, 2.05) is 36.5 Å². The van der Waals surface area contributed by atoms with Crippen molar-refractivity contribution in [2.24, 2.45) is 0 Å². The van der Waals surface area contributed by atoms with Crippen molar-refractivity contribution < 1.29 is 4.79 Å². The molecule has 3 rings (SSSR count). The summed E-state index contributed by atoms with van der Waals surface area (Å²) in [5, 5.41) is 9.62. The third kappa shape index (κ3) is 3.69. The largest absolute Gasteiger partial charge is 0.326 e. The highest BCUT2D eigenvalue weighted by Gasteiger charge is 2.05. The third-order valence-corrected chi connectivity index (χ3v) is 2.98. The molecule has 0 radical (unpaired) electrons. The molecule has 2 N–H and O–H groups in total. The molecule has 0 bridgehead atoms. The molecule has 2 heterocycles. The van der Waals surface area contributed by atoms with Crippen molar-refractivity contribution in [3.63, 3.8) is 0 Å². The number of nitrogens with zero attached hydrogens (tertiary/aromatic N) is 3. The van der Waals surface area contributed by atoms with Gasteiger partial charge in [-0.15, -0.1) is 0 Å². The monoisotopic (exact) mass is 293 g/mol. The van der Waals surface area contributed by atoms with Crippen LogP contribution in [0.3, 0.4) is 0 Å². The van der Waals surface area contributed by atoms with E-state index in [1.165, 1.54) is 0 Å². The van der Waals surface area contributed by atoms with Crippen LogP contribution in [0.2, 0.25) is 0 Å². The summed E-state index contributed by atoms with van der Waals surface area (Å²) in [5.74, 6) is 0.980. The number of hydrogen-bond donors (Lipinski definition) is 2. The summed E-state index contributed by atoms with van der Waals surface area (Å²) in [7, 11) is 0. The van der Waals surface area contributed by atoms with Gasteiger partial charge in [0.25, 0.3) is 0 Å². The molecule has 0 atom stereocenters. The van der Waals surface area contributed by atoms with Gasteiger partial charge in [0.2, 0.25) is 0 Å². The average Bonchev–Trinajstić information content (AvgIpc) is 2.96. The first-order valence-corrected chi connectivity index (χ1v) is 6.86. The van der Waals surface area contributed by atoms with Crippen LogP contribution in [0.25, 0.3) is 0 Å². The van der Waals surface area contributed by atoms with Crippen molar-refractivity contribution in [3.8, 4) is 0 Å². The SMILES string of the molecule is O=C(Nc1ccccn1)Nc1ccn(Cc2ccccc2)n1. The zero-order valence-electron chi connectivity index (χ0n) is 11.8. The number of urea groups is 1. The summed E-state index contributed by atoms with van der Waals surface area (Å²) in [6, 6.07) is 16.7. The highest BCUT2D eigenvalue weighted by atomic mass is 16.2. The van der Waals surface area contributed by atoms with Gasteiger partial charge in [0, 0.05) is 18.5 Å². The Kier molecular flexibility index (Phi) is 4.10. The normalized spacial score (nSPS) is 10.2. The predicted octanol–water partition coefficient (Wildman–Crippen LogP) is 2.97. The fourth-order valence-corrected chi connectivity index (χ4v) is 1.99. The molecule has 0 aliphatic rings. The Bertz CT molecular complexity index is 739. The minimum Gasteiger partial charge on any atom is -0.292 e. The van der Waals surface area contributed by atoms with Crippen LogP contribution in [-0.4, -0.2) is 20.8 Å². The summed E-state index contributed by atoms with van der Waals surface area (Å²) in [6.45, 7) is 0.657. The molecule has 110 valence electrons. The average molecular weight is 293 g/mol. The van der Waals surface area contributed by atoms with E-state index in [4.69, 9.17) is 0 Å². The van der Waals surface area contributed by atoms with Crippen molar-refractivity contribution in [1.29, 1.82) is 0 Å². The van der Waals surface area contributed by atoms with Gasteiger partial charge in [-0.3, -0.25) is 15.3 Å².